The van der Waals surface area contributed by atoms with Crippen LogP contribution in [0, 0.1) is 0 Å². The second-order valence-corrected chi connectivity index (χ2v) is 12.4. The molecule has 224 valence electrons. The van der Waals surface area contributed by atoms with E-state index >= 15 is 0 Å². The lowest BCUT2D eigenvalue weighted by Crippen LogP contribution is -2.53. The third-order valence-electron chi connectivity index (χ3n) is 6.82. The fraction of sp³-hybridized carbons (Fsp3) is 0.188. The van der Waals surface area contributed by atoms with Crippen molar-refractivity contribution in [1.29, 1.82) is 0 Å². The molecule has 0 radical (unpaired) electrons. The Labute approximate surface area is 261 Å². The molecule has 11 heteroatoms. The molecule has 4 aromatic rings. The van der Waals surface area contributed by atoms with Gasteiger partial charge in [0.15, 0.2) is 0 Å². The van der Waals surface area contributed by atoms with E-state index in [2.05, 4.69) is 5.32 Å². The Balaban J connectivity index is 1.77. The van der Waals surface area contributed by atoms with Gasteiger partial charge in [-0.25, -0.2) is 8.42 Å². The molecule has 1 unspecified atom stereocenters. The van der Waals surface area contributed by atoms with Crippen LogP contribution in [0.2, 0.25) is 10.0 Å². The number of carbonyl (C=O) groups excluding carboxylic acids is 2. The molecule has 0 saturated heterocycles. The van der Waals surface area contributed by atoms with E-state index in [1.807, 2.05) is 30.3 Å². The summed E-state index contributed by atoms with van der Waals surface area (Å²) in [7, 11) is -1.26. The average molecular weight is 641 g/mol. The van der Waals surface area contributed by atoms with Crippen molar-refractivity contribution < 1.29 is 22.7 Å². The fourth-order valence-electron chi connectivity index (χ4n) is 4.52. The lowest BCUT2D eigenvalue weighted by Gasteiger charge is -2.33. The van der Waals surface area contributed by atoms with Crippen LogP contribution in [0.1, 0.15) is 11.1 Å². The van der Waals surface area contributed by atoms with Crippen molar-refractivity contribution in [2.45, 2.75) is 23.9 Å². The van der Waals surface area contributed by atoms with Crippen molar-refractivity contribution in [3.8, 4) is 5.75 Å². The zero-order chi connectivity index (χ0) is 31.0. The number of hydrogen-bond donors (Lipinski definition) is 1. The Morgan fingerprint density at radius 3 is 1.95 bits per heavy atom. The third kappa shape index (κ3) is 8.07. The molecule has 2 amide bonds. The minimum atomic E-state index is -4.24. The van der Waals surface area contributed by atoms with E-state index in [1.54, 1.807) is 36.4 Å². The first-order valence-electron chi connectivity index (χ1n) is 13.3. The number of hydrogen-bond acceptors (Lipinski definition) is 5. The molecule has 0 fully saturated rings. The Hall–Kier alpha value is -4.05. The normalized spacial score (nSPS) is 11.8. The van der Waals surface area contributed by atoms with Crippen molar-refractivity contribution in [2.75, 3.05) is 25.0 Å². The largest absolute Gasteiger partial charge is 0.497 e. The summed E-state index contributed by atoms with van der Waals surface area (Å²) in [5, 5.41) is 3.59. The molecule has 0 aliphatic rings. The van der Waals surface area contributed by atoms with Crippen LogP contribution in [-0.4, -0.2) is 51.9 Å². The Morgan fingerprint density at radius 2 is 1.40 bits per heavy atom. The standard InChI is InChI=1S/C32H31Cl2N3O5S/c1-35-32(39)30(20-23-6-4-3-5-7-23)36(21-24-8-10-25(33)11-9-24)31(38)22-37(27-14-12-26(34)13-15-27)43(40,41)29-18-16-28(42-2)17-19-29/h3-19,30H,20-22H2,1-2H3,(H,35,39). The summed E-state index contributed by atoms with van der Waals surface area (Å²) in [6.45, 7) is -0.538. The predicted molar refractivity (Wildman–Crippen MR) is 169 cm³/mol. The first-order valence-corrected chi connectivity index (χ1v) is 15.5. The van der Waals surface area contributed by atoms with Crippen LogP contribution in [0.5, 0.6) is 5.75 Å². The number of benzene rings is 4. The summed E-state index contributed by atoms with van der Waals surface area (Å²) >= 11 is 12.2. The number of anilines is 1. The van der Waals surface area contributed by atoms with Gasteiger partial charge in [-0.3, -0.25) is 13.9 Å². The van der Waals surface area contributed by atoms with Crippen LogP contribution in [0.3, 0.4) is 0 Å². The average Bonchev–Trinajstić information content (AvgIpc) is 3.03. The second-order valence-electron chi connectivity index (χ2n) is 9.63. The van der Waals surface area contributed by atoms with E-state index in [9.17, 15) is 18.0 Å². The maximum atomic E-state index is 14.3. The van der Waals surface area contributed by atoms with Gasteiger partial charge < -0.3 is 15.0 Å². The van der Waals surface area contributed by atoms with Crippen molar-refractivity contribution >= 4 is 50.7 Å². The van der Waals surface area contributed by atoms with Gasteiger partial charge in [-0.2, -0.15) is 0 Å². The first kappa shape index (κ1) is 31.9. The molecular weight excluding hydrogens is 609 g/mol. The highest BCUT2D eigenvalue weighted by Gasteiger charge is 2.34. The molecule has 0 aliphatic heterocycles. The molecule has 43 heavy (non-hydrogen) atoms. The van der Waals surface area contributed by atoms with Crippen LogP contribution in [0.15, 0.2) is 108 Å². The van der Waals surface area contributed by atoms with E-state index < -0.39 is 28.5 Å². The highest BCUT2D eigenvalue weighted by molar-refractivity contribution is 7.92. The number of methoxy groups -OCH3 is 1. The fourth-order valence-corrected chi connectivity index (χ4v) is 6.18. The Morgan fingerprint density at radius 1 is 0.814 bits per heavy atom. The quantitative estimate of drug-likeness (QED) is 0.218. The summed E-state index contributed by atoms with van der Waals surface area (Å²) in [5.74, 6) is -0.481. The Kier molecular flexibility index (Phi) is 10.7. The molecule has 0 aromatic heterocycles. The molecule has 0 bridgehead atoms. The lowest BCUT2D eigenvalue weighted by molar-refractivity contribution is -0.139. The van der Waals surface area contributed by atoms with Crippen LogP contribution in [0.25, 0.3) is 0 Å². The van der Waals surface area contributed by atoms with Gasteiger partial charge in [0, 0.05) is 30.1 Å². The van der Waals surface area contributed by atoms with E-state index in [0.717, 1.165) is 15.4 Å². The molecule has 0 saturated carbocycles. The number of nitrogens with zero attached hydrogens (tertiary/aromatic N) is 2. The number of ether oxygens (including phenoxy) is 1. The monoisotopic (exact) mass is 639 g/mol. The minimum absolute atomic E-state index is 0.0348. The summed E-state index contributed by atoms with van der Waals surface area (Å²) in [6, 6.07) is 27.3. The molecule has 4 rings (SSSR count). The topological polar surface area (TPSA) is 96.0 Å². The van der Waals surface area contributed by atoms with Gasteiger partial charge in [0.2, 0.25) is 11.8 Å². The highest BCUT2D eigenvalue weighted by atomic mass is 35.5. The van der Waals surface area contributed by atoms with E-state index in [1.165, 1.54) is 55.5 Å². The van der Waals surface area contributed by atoms with E-state index in [0.29, 0.717) is 15.8 Å². The van der Waals surface area contributed by atoms with E-state index in [4.69, 9.17) is 27.9 Å². The van der Waals surface area contributed by atoms with Crippen molar-refractivity contribution in [3.05, 3.63) is 124 Å². The van der Waals surface area contributed by atoms with Crippen LogP contribution < -0.4 is 14.4 Å². The van der Waals surface area contributed by atoms with Crippen molar-refractivity contribution in [3.63, 3.8) is 0 Å². The van der Waals surface area contributed by atoms with Crippen LogP contribution in [-0.2, 0) is 32.6 Å². The first-order chi connectivity index (χ1) is 20.6. The number of likely N-dealkylation sites (N-methyl/N-ethyl adjacent to an activating group) is 1. The van der Waals surface area contributed by atoms with Gasteiger partial charge in [0.25, 0.3) is 10.0 Å². The number of amides is 2. The predicted octanol–water partition coefficient (Wildman–Crippen LogP) is 5.58. The second kappa shape index (κ2) is 14.4. The molecule has 8 nitrogen and oxygen atoms in total. The molecule has 1 atom stereocenters. The SMILES string of the molecule is CNC(=O)C(Cc1ccccc1)N(Cc1ccc(Cl)cc1)C(=O)CN(c1ccc(Cl)cc1)S(=O)(=O)c1ccc(OC)cc1. The summed E-state index contributed by atoms with van der Waals surface area (Å²) in [6.07, 6.45) is 0.214. The zero-order valence-corrected chi connectivity index (χ0v) is 25.9. The van der Waals surface area contributed by atoms with Gasteiger partial charge in [0.05, 0.1) is 17.7 Å². The smallest absolute Gasteiger partial charge is 0.264 e. The van der Waals surface area contributed by atoms with Gasteiger partial charge in [-0.1, -0.05) is 65.7 Å². The summed E-state index contributed by atoms with van der Waals surface area (Å²) in [5.41, 5.74) is 1.79. The molecular formula is C32H31Cl2N3O5S. The van der Waals surface area contributed by atoms with Gasteiger partial charge in [-0.05, 0) is 71.8 Å². The Bertz CT molecular complexity index is 1630. The lowest BCUT2D eigenvalue weighted by atomic mass is 10.0. The van der Waals surface area contributed by atoms with Gasteiger partial charge in [0.1, 0.15) is 18.3 Å². The summed E-state index contributed by atoms with van der Waals surface area (Å²) in [4.78, 5) is 28.9. The van der Waals surface area contributed by atoms with E-state index in [-0.39, 0.29) is 29.5 Å². The number of carbonyl (C=O) groups is 2. The maximum Gasteiger partial charge on any atom is 0.264 e. The number of halogens is 2. The number of nitrogens with one attached hydrogen (secondary N) is 1. The minimum Gasteiger partial charge on any atom is -0.497 e. The highest BCUT2D eigenvalue weighted by Crippen LogP contribution is 2.27. The van der Waals surface area contributed by atoms with Crippen molar-refractivity contribution in [1.82, 2.24) is 10.2 Å². The summed E-state index contributed by atoms with van der Waals surface area (Å²) < 4.78 is 34.2. The molecule has 0 aliphatic carbocycles. The number of sulfonamides is 1. The molecule has 4 aromatic carbocycles. The maximum absolute atomic E-state index is 14.3. The third-order valence-corrected chi connectivity index (χ3v) is 9.12. The van der Waals surface area contributed by atoms with Crippen LogP contribution in [0.4, 0.5) is 5.69 Å². The van der Waals surface area contributed by atoms with Gasteiger partial charge >= 0.3 is 0 Å². The number of rotatable bonds is 12. The zero-order valence-electron chi connectivity index (χ0n) is 23.6. The van der Waals surface area contributed by atoms with Crippen molar-refractivity contribution in [2.24, 2.45) is 0 Å². The molecule has 0 spiro atoms. The van der Waals surface area contributed by atoms with Gasteiger partial charge in [-0.15, -0.1) is 0 Å². The van der Waals surface area contributed by atoms with Crippen LogP contribution >= 0.6 is 23.2 Å². The molecule has 1 N–H and O–H groups in total. The molecule has 0 heterocycles.